The Balaban J connectivity index is 1.86. The van der Waals surface area contributed by atoms with Gasteiger partial charge in [0.05, 0.1) is 6.61 Å². The van der Waals surface area contributed by atoms with Crippen LogP contribution < -0.4 is 10.4 Å². The van der Waals surface area contributed by atoms with E-state index in [4.69, 9.17) is 13.9 Å². The van der Waals surface area contributed by atoms with Gasteiger partial charge in [-0.3, -0.25) is 0 Å². The molecule has 24 heavy (non-hydrogen) atoms. The minimum absolute atomic E-state index is 0.259. The molecule has 0 amide bonds. The lowest BCUT2D eigenvalue weighted by atomic mass is 9.91. The van der Waals surface area contributed by atoms with Crippen molar-refractivity contribution in [3.05, 3.63) is 39.7 Å². The van der Waals surface area contributed by atoms with E-state index in [1.54, 1.807) is 19.1 Å². The molecule has 5 nitrogen and oxygen atoms in total. The number of aryl methyl sites for hydroxylation is 1. The number of esters is 1. The van der Waals surface area contributed by atoms with Gasteiger partial charge in [-0.2, -0.15) is 0 Å². The zero-order chi connectivity index (χ0) is 17.1. The molecule has 1 aliphatic carbocycles. The minimum atomic E-state index is -0.710. The second kappa shape index (κ2) is 7.07. The molecule has 0 saturated carbocycles. The first kappa shape index (κ1) is 16.6. The number of benzene rings is 1. The summed E-state index contributed by atoms with van der Waals surface area (Å²) in [5.74, 6) is 0.0891. The summed E-state index contributed by atoms with van der Waals surface area (Å²) >= 11 is 0. The summed E-state index contributed by atoms with van der Waals surface area (Å²) in [4.78, 5) is 24.0. The Labute approximate surface area is 140 Å². The van der Waals surface area contributed by atoms with Crippen LogP contribution in [0.2, 0.25) is 0 Å². The molecule has 1 aromatic carbocycles. The van der Waals surface area contributed by atoms with Crippen molar-refractivity contribution in [3.8, 4) is 5.75 Å². The van der Waals surface area contributed by atoms with E-state index < -0.39 is 12.1 Å². The van der Waals surface area contributed by atoms with Gasteiger partial charge in [-0.25, -0.2) is 9.59 Å². The van der Waals surface area contributed by atoms with E-state index in [0.29, 0.717) is 17.9 Å². The van der Waals surface area contributed by atoms with Gasteiger partial charge in [0, 0.05) is 17.0 Å². The maximum atomic E-state index is 12.2. The summed E-state index contributed by atoms with van der Waals surface area (Å²) in [6.45, 7) is 3.96. The number of hydrogen-bond acceptors (Lipinski definition) is 5. The molecule has 5 heteroatoms. The maximum Gasteiger partial charge on any atom is 0.347 e. The molecule has 0 N–H and O–H groups in total. The lowest BCUT2D eigenvalue weighted by Crippen LogP contribution is -2.26. The number of carbonyl (C=O) groups is 1. The van der Waals surface area contributed by atoms with E-state index in [2.05, 4.69) is 0 Å². The van der Waals surface area contributed by atoms with Crippen molar-refractivity contribution in [1.82, 2.24) is 0 Å². The third-order valence-electron chi connectivity index (χ3n) is 4.29. The van der Waals surface area contributed by atoms with E-state index in [9.17, 15) is 9.59 Å². The summed E-state index contributed by atoms with van der Waals surface area (Å²) in [6, 6.07) is 5.39. The molecular weight excluding hydrogens is 308 g/mol. The quantitative estimate of drug-likeness (QED) is 0.621. The molecule has 3 rings (SSSR count). The van der Waals surface area contributed by atoms with Gasteiger partial charge >= 0.3 is 11.6 Å². The van der Waals surface area contributed by atoms with Crippen LogP contribution in [0.1, 0.15) is 44.2 Å². The average Bonchev–Trinajstić information content (AvgIpc) is 2.59. The van der Waals surface area contributed by atoms with Crippen molar-refractivity contribution in [2.75, 3.05) is 6.61 Å². The Hall–Kier alpha value is -2.30. The largest absolute Gasteiger partial charge is 0.479 e. The van der Waals surface area contributed by atoms with E-state index in [-0.39, 0.29) is 5.63 Å². The van der Waals surface area contributed by atoms with Gasteiger partial charge in [0.1, 0.15) is 11.3 Å². The second-order valence-corrected chi connectivity index (χ2v) is 6.14. The fourth-order valence-electron chi connectivity index (χ4n) is 3.07. The standard InChI is InChI=1S/C19H22O5/c1-3-10-22-18(20)12(2)23-13-8-9-15-14-6-4-5-7-16(14)19(21)24-17(15)11-13/h8-9,11-12H,3-7,10H2,1-2H3/t12-/m1/s1. The number of ether oxygens (including phenoxy) is 2. The lowest BCUT2D eigenvalue weighted by molar-refractivity contribution is -0.151. The Morgan fingerprint density at radius 1 is 1.25 bits per heavy atom. The lowest BCUT2D eigenvalue weighted by Gasteiger charge is -2.17. The van der Waals surface area contributed by atoms with Crippen LogP contribution in [-0.4, -0.2) is 18.7 Å². The predicted molar refractivity (Wildman–Crippen MR) is 90.5 cm³/mol. The molecule has 1 atom stereocenters. The van der Waals surface area contributed by atoms with E-state index in [0.717, 1.165) is 48.6 Å². The van der Waals surface area contributed by atoms with E-state index >= 15 is 0 Å². The predicted octanol–water partition coefficient (Wildman–Crippen LogP) is 3.39. The summed E-state index contributed by atoms with van der Waals surface area (Å²) < 4.78 is 16.2. The van der Waals surface area contributed by atoms with Crippen LogP contribution in [0.25, 0.3) is 11.0 Å². The highest BCUT2D eigenvalue weighted by molar-refractivity contribution is 5.83. The molecule has 128 valence electrons. The van der Waals surface area contributed by atoms with Gasteiger partial charge in [0.25, 0.3) is 0 Å². The monoisotopic (exact) mass is 330 g/mol. The molecule has 1 heterocycles. The highest BCUT2D eigenvalue weighted by Gasteiger charge is 2.20. The molecule has 0 bridgehead atoms. The van der Waals surface area contributed by atoms with Crippen LogP contribution in [-0.2, 0) is 22.4 Å². The number of fused-ring (bicyclic) bond motifs is 3. The Kier molecular flexibility index (Phi) is 4.88. The first-order valence-corrected chi connectivity index (χ1v) is 8.52. The fraction of sp³-hybridized carbons (Fsp3) is 0.474. The van der Waals surface area contributed by atoms with Gasteiger partial charge < -0.3 is 13.9 Å². The van der Waals surface area contributed by atoms with Crippen molar-refractivity contribution in [2.45, 2.75) is 52.1 Å². The molecule has 0 spiro atoms. The van der Waals surface area contributed by atoms with Crippen molar-refractivity contribution >= 4 is 16.9 Å². The smallest absolute Gasteiger partial charge is 0.347 e. The summed E-state index contributed by atoms with van der Waals surface area (Å²) in [6.07, 6.45) is 3.86. The van der Waals surface area contributed by atoms with Crippen LogP contribution >= 0.6 is 0 Å². The van der Waals surface area contributed by atoms with Gasteiger partial charge in [-0.1, -0.05) is 6.92 Å². The highest BCUT2D eigenvalue weighted by Crippen LogP contribution is 2.29. The summed E-state index contributed by atoms with van der Waals surface area (Å²) in [7, 11) is 0. The number of hydrogen-bond donors (Lipinski definition) is 0. The number of rotatable bonds is 5. The summed E-state index contributed by atoms with van der Waals surface area (Å²) in [5, 5.41) is 0.956. The topological polar surface area (TPSA) is 65.7 Å². The van der Waals surface area contributed by atoms with Gasteiger partial charge in [0.15, 0.2) is 6.10 Å². The molecule has 0 radical (unpaired) electrons. The van der Waals surface area contributed by atoms with Crippen molar-refractivity contribution in [1.29, 1.82) is 0 Å². The highest BCUT2D eigenvalue weighted by atomic mass is 16.6. The van der Waals surface area contributed by atoms with Crippen LogP contribution in [0.5, 0.6) is 5.75 Å². The van der Waals surface area contributed by atoms with Crippen LogP contribution in [0.4, 0.5) is 0 Å². The molecule has 1 aromatic heterocycles. The Morgan fingerprint density at radius 3 is 2.75 bits per heavy atom. The third-order valence-corrected chi connectivity index (χ3v) is 4.29. The van der Waals surface area contributed by atoms with Crippen LogP contribution in [0.3, 0.4) is 0 Å². The van der Waals surface area contributed by atoms with Gasteiger partial charge in [-0.05, 0) is 56.7 Å². The Morgan fingerprint density at radius 2 is 2.00 bits per heavy atom. The molecule has 1 aliphatic rings. The molecule has 0 unspecified atom stereocenters. The van der Waals surface area contributed by atoms with Gasteiger partial charge in [0.2, 0.25) is 0 Å². The third kappa shape index (κ3) is 3.30. The van der Waals surface area contributed by atoms with E-state index in [1.165, 1.54) is 0 Å². The van der Waals surface area contributed by atoms with Crippen molar-refractivity contribution < 1.29 is 18.7 Å². The van der Waals surface area contributed by atoms with Gasteiger partial charge in [-0.15, -0.1) is 0 Å². The number of carbonyl (C=O) groups excluding carboxylic acids is 1. The molecule has 0 fully saturated rings. The SMILES string of the molecule is CCCOC(=O)[C@@H](C)Oc1ccc2c3c(c(=O)oc2c1)CCCC3. The molecular formula is C19H22O5. The molecule has 0 aliphatic heterocycles. The fourth-order valence-corrected chi connectivity index (χ4v) is 3.07. The Bertz CT molecular complexity index is 805. The first-order chi connectivity index (χ1) is 11.6. The normalized spacial score (nSPS) is 14.9. The zero-order valence-electron chi connectivity index (χ0n) is 14.1. The van der Waals surface area contributed by atoms with Crippen molar-refractivity contribution in [2.24, 2.45) is 0 Å². The second-order valence-electron chi connectivity index (χ2n) is 6.14. The van der Waals surface area contributed by atoms with Crippen LogP contribution in [0.15, 0.2) is 27.4 Å². The molecule has 0 saturated heterocycles. The maximum absolute atomic E-state index is 12.2. The first-order valence-electron chi connectivity index (χ1n) is 8.52. The molecule has 2 aromatic rings. The van der Waals surface area contributed by atoms with E-state index in [1.807, 2.05) is 13.0 Å². The minimum Gasteiger partial charge on any atom is -0.479 e. The van der Waals surface area contributed by atoms with Crippen LogP contribution in [0, 0.1) is 0 Å². The average molecular weight is 330 g/mol. The summed E-state index contributed by atoms with van der Waals surface area (Å²) in [5.41, 5.74) is 2.14. The van der Waals surface area contributed by atoms with Crippen molar-refractivity contribution in [3.63, 3.8) is 0 Å². The zero-order valence-corrected chi connectivity index (χ0v) is 14.1.